The highest BCUT2D eigenvalue weighted by Crippen LogP contribution is 2.19. The van der Waals surface area contributed by atoms with Gasteiger partial charge in [0.1, 0.15) is 5.82 Å². The molecule has 0 saturated heterocycles. The molecule has 0 fully saturated rings. The Bertz CT molecular complexity index is 864. The number of carbonyl (C=O) groups excluding carboxylic acids is 1. The van der Waals surface area contributed by atoms with E-state index in [1.54, 1.807) is 25.3 Å². The molecule has 1 amide bonds. The predicted octanol–water partition coefficient (Wildman–Crippen LogP) is 4.16. The van der Waals surface area contributed by atoms with Gasteiger partial charge in [0.05, 0.1) is 17.6 Å². The van der Waals surface area contributed by atoms with E-state index in [9.17, 15) is 9.18 Å². The highest BCUT2D eigenvalue weighted by atomic mass is 19.1. The molecule has 3 aromatic rings. The zero-order valence-corrected chi connectivity index (χ0v) is 13.9. The van der Waals surface area contributed by atoms with E-state index in [-0.39, 0.29) is 11.7 Å². The van der Waals surface area contributed by atoms with Crippen molar-refractivity contribution in [2.45, 2.75) is 19.8 Å². The topological polar surface area (TPSA) is 54.9 Å². The molecular weight excluding hydrogens is 317 g/mol. The number of carbonyl (C=O) groups is 1. The summed E-state index contributed by atoms with van der Waals surface area (Å²) in [6, 6.07) is 15.9. The number of halogens is 1. The lowest BCUT2D eigenvalue weighted by Crippen LogP contribution is -2.15. The molecule has 0 spiro atoms. The largest absolute Gasteiger partial charge is 0.309 e. The Morgan fingerprint density at radius 3 is 2.48 bits per heavy atom. The minimum Gasteiger partial charge on any atom is -0.309 e. The number of rotatable bonds is 5. The summed E-state index contributed by atoms with van der Waals surface area (Å²) in [6.07, 6.45) is 2.63. The minimum absolute atomic E-state index is 0.101. The highest BCUT2D eigenvalue weighted by molar-refractivity contribution is 5.90. The standard InChI is InChI=1S/C20H18FN3O/c1-14-20(24-19(25)12-7-15-5-3-2-4-6-15)22-13-18(23-14)16-8-10-17(21)11-9-16/h2-6,8-11,13H,7,12H2,1H3,(H,22,24,25). The van der Waals surface area contributed by atoms with Crippen molar-refractivity contribution in [3.05, 3.63) is 77.9 Å². The molecule has 4 nitrogen and oxygen atoms in total. The normalized spacial score (nSPS) is 10.5. The van der Waals surface area contributed by atoms with Gasteiger partial charge in [-0.25, -0.2) is 14.4 Å². The number of aromatic nitrogens is 2. The van der Waals surface area contributed by atoms with Crippen LogP contribution >= 0.6 is 0 Å². The van der Waals surface area contributed by atoms with Crippen LogP contribution in [-0.4, -0.2) is 15.9 Å². The molecule has 0 aliphatic heterocycles. The van der Waals surface area contributed by atoms with E-state index in [0.717, 1.165) is 11.1 Å². The van der Waals surface area contributed by atoms with Gasteiger partial charge in [-0.3, -0.25) is 4.79 Å². The highest BCUT2D eigenvalue weighted by Gasteiger charge is 2.09. The van der Waals surface area contributed by atoms with Crippen LogP contribution in [-0.2, 0) is 11.2 Å². The molecular formula is C20H18FN3O. The van der Waals surface area contributed by atoms with Gasteiger partial charge in [0.25, 0.3) is 0 Å². The van der Waals surface area contributed by atoms with E-state index in [1.807, 2.05) is 30.3 Å². The van der Waals surface area contributed by atoms with Gasteiger partial charge in [-0.2, -0.15) is 0 Å². The van der Waals surface area contributed by atoms with Crippen LogP contribution in [0.2, 0.25) is 0 Å². The summed E-state index contributed by atoms with van der Waals surface area (Å²) in [5, 5.41) is 2.80. The second kappa shape index (κ2) is 7.66. The molecule has 1 heterocycles. The third-order valence-corrected chi connectivity index (χ3v) is 3.83. The fraction of sp³-hybridized carbons (Fsp3) is 0.150. The first-order valence-corrected chi connectivity index (χ1v) is 8.05. The average molecular weight is 335 g/mol. The lowest BCUT2D eigenvalue weighted by atomic mass is 10.1. The Morgan fingerprint density at radius 2 is 1.80 bits per heavy atom. The first kappa shape index (κ1) is 16.8. The summed E-state index contributed by atoms with van der Waals surface area (Å²) in [5.41, 5.74) is 3.15. The lowest BCUT2D eigenvalue weighted by molar-refractivity contribution is -0.116. The maximum atomic E-state index is 13.0. The van der Waals surface area contributed by atoms with Crippen LogP contribution in [0.15, 0.2) is 60.8 Å². The Kier molecular flexibility index (Phi) is 5.14. The van der Waals surface area contributed by atoms with Crippen molar-refractivity contribution in [3.63, 3.8) is 0 Å². The number of nitrogens with zero attached hydrogens (tertiary/aromatic N) is 2. The average Bonchev–Trinajstić information content (AvgIpc) is 2.63. The van der Waals surface area contributed by atoms with E-state index < -0.39 is 0 Å². The molecule has 3 rings (SSSR count). The molecule has 0 radical (unpaired) electrons. The van der Waals surface area contributed by atoms with Gasteiger partial charge in [0.15, 0.2) is 5.82 Å². The molecule has 25 heavy (non-hydrogen) atoms. The molecule has 126 valence electrons. The smallest absolute Gasteiger partial charge is 0.225 e. The Labute approximate surface area is 145 Å². The second-order valence-corrected chi connectivity index (χ2v) is 5.73. The SMILES string of the molecule is Cc1nc(-c2ccc(F)cc2)cnc1NC(=O)CCc1ccccc1. The summed E-state index contributed by atoms with van der Waals surface area (Å²) in [5.74, 6) is 0.0513. The Hall–Kier alpha value is -3.08. The van der Waals surface area contributed by atoms with Gasteiger partial charge in [0, 0.05) is 12.0 Å². The van der Waals surface area contributed by atoms with Crippen molar-refractivity contribution in [1.29, 1.82) is 0 Å². The van der Waals surface area contributed by atoms with E-state index >= 15 is 0 Å². The van der Waals surface area contributed by atoms with Crippen molar-refractivity contribution in [2.24, 2.45) is 0 Å². The van der Waals surface area contributed by atoms with Crippen LogP contribution in [0.4, 0.5) is 10.2 Å². The lowest BCUT2D eigenvalue weighted by Gasteiger charge is -2.09. The predicted molar refractivity (Wildman–Crippen MR) is 95.6 cm³/mol. The zero-order valence-electron chi connectivity index (χ0n) is 13.9. The van der Waals surface area contributed by atoms with Crippen LogP contribution in [0.1, 0.15) is 17.7 Å². The summed E-state index contributed by atoms with van der Waals surface area (Å²) < 4.78 is 13.0. The number of hydrogen-bond acceptors (Lipinski definition) is 3. The van der Waals surface area contributed by atoms with Crippen LogP contribution in [0.5, 0.6) is 0 Å². The second-order valence-electron chi connectivity index (χ2n) is 5.73. The maximum Gasteiger partial charge on any atom is 0.225 e. The minimum atomic E-state index is -0.296. The molecule has 0 bridgehead atoms. The fourth-order valence-electron chi connectivity index (χ4n) is 2.46. The van der Waals surface area contributed by atoms with Crippen molar-refractivity contribution in [2.75, 3.05) is 5.32 Å². The molecule has 1 N–H and O–H groups in total. The van der Waals surface area contributed by atoms with Crippen LogP contribution < -0.4 is 5.32 Å². The van der Waals surface area contributed by atoms with E-state index in [1.165, 1.54) is 12.1 Å². The molecule has 0 unspecified atom stereocenters. The van der Waals surface area contributed by atoms with Crippen molar-refractivity contribution in [3.8, 4) is 11.3 Å². The first-order valence-electron chi connectivity index (χ1n) is 8.05. The van der Waals surface area contributed by atoms with Crippen LogP contribution in [0.3, 0.4) is 0 Å². The number of hydrogen-bond donors (Lipinski definition) is 1. The third-order valence-electron chi connectivity index (χ3n) is 3.83. The van der Waals surface area contributed by atoms with Crippen molar-refractivity contribution in [1.82, 2.24) is 9.97 Å². The van der Waals surface area contributed by atoms with Gasteiger partial charge >= 0.3 is 0 Å². The van der Waals surface area contributed by atoms with E-state index in [0.29, 0.717) is 30.0 Å². The number of aryl methyl sites for hydroxylation is 2. The van der Waals surface area contributed by atoms with Gasteiger partial charge < -0.3 is 5.32 Å². The molecule has 2 aromatic carbocycles. The van der Waals surface area contributed by atoms with Gasteiger partial charge in [-0.05, 0) is 43.2 Å². The van der Waals surface area contributed by atoms with E-state index in [2.05, 4.69) is 15.3 Å². The Balaban J connectivity index is 1.64. The molecule has 0 saturated carbocycles. The van der Waals surface area contributed by atoms with E-state index in [4.69, 9.17) is 0 Å². The molecule has 1 aromatic heterocycles. The summed E-state index contributed by atoms with van der Waals surface area (Å²) in [6.45, 7) is 1.78. The maximum absolute atomic E-state index is 13.0. The van der Waals surface area contributed by atoms with Crippen LogP contribution in [0.25, 0.3) is 11.3 Å². The van der Waals surface area contributed by atoms with Gasteiger partial charge in [-0.1, -0.05) is 30.3 Å². The summed E-state index contributed by atoms with van der Waals surface area (Å²) >= 11 is 0. The number of benzene rings is 2. The number of anilines is 1. The molecule has 5 heteroatoms. The molecule has 0 aliphatic carbocycles. The number of amides is 1. The molecule has 0 aliphatic rings. The zero-order chi connectivity index (χ0) is 17.6. The van der Waals surface area contributed by atoms with Crippen LogP contribution in [0, 0.1) is 12.7 Å². The quantitative estimate of drug-likeness (QED) is 0.761. The fourth-order valence-corrected chi connectivity index (χ4v) is 2.46. The monoisotopic (exact) mass is 335 g/mol. The first-order chi connectivity index (χ1) is 12.1. The Morgan fingerprint density at radius 1 is 1.08 bits per heavy atom. The van der Waals surface area contributed by atoms with Gasteiger partial charge in [-0.15, -0.1) is 0 Å². The van der Waals surface area contributed by atoms with Crippen molar-refractivity contribution >= 4 is 11.7 Å². The molecule has 0 atom stereocenters. The summed E-state index contributed by atoms with van der Waals surface area (Å²) in [7, 11) is 0. The number of nitrogens with one attached hydrogen (secondary N) is 1. The van der Waals surface area contributed by atoms with Crippen molar-refractivity contribution < 1.29 is 9.18 Å². The summed E-state index contributed by atoms with van der Waals surface area (Å²) in [4.78, 5) is 20.8. The third kappa shape index (κ3) is 4.47. The van der Waals surface area contributed by atoms with Gasteiger partial charge in [0.2, 0.25) is 5.91 Å².